The highest BCUT2D eigenvalue weighted by Crippen LogP contribution is 2.18. The lowest BCUT2D eigenvalue weighted by atomic mass is 10.1. The van der Waals surface area contributed by atoms with Crippen molar-refractivity contribution in [1.29, 1.82) is 0 Å². The number of ether oxygens (including phenoxy) is 1. The van der Waals surface area contributed by atoms with Crippen LogP contribution in [-0.2, 0) is 11.2 Å². The normalized spacial score (nSPS) is 10.6. The van der Waals surface area contributed by atoms with Crippen LogP contribution >= 0.6 is 24.0 Å². The average Bonchev–Trinajstić information content (AvgIpc) is 2.59. The first-order valence-corrected chi connectivity index (χ1v) is 8.45. The maximum Gasteiger partial charge on any atom is 0.221 e. The molecule has 142 valence electrons. The van der Waals surface area contributed by atoms with E-state index in [1.807, 2.05) is 13.8 Å². The number of guanidine groups is 1. The molecule has 3 N–H and O–H groups in total. The van der Waals surface area contributed by atoms with Crippen LogP contribution in [0.2, 0.25) is 0 Å². The summed E-state index contributed by atoms with van der Waals surface area (Å²) in [6, 6.07) is 6.23. The van der Waals surface area contributed by atoms with Crippen molar-refractivity contribution in [2.75, 3.05) is 33.8 Å². The van der Waals surface area contributed by atoms with Crippen LogP contribution in [0.4, 0.5) is 0 Å². The van der Waals surface area contributed by atoms with E-state index in [2.05, 4.69) is 39.1 Å². The quantitative estimate of drug-likeness (QED) is 0.299. The van der Waals surface area contributed by atoms with Gasteiger partial charge in [0.1, 0.15) is 5.75 Å². The van der Waals surface area contributed by atoms with Crippen LogP contribution in [0.15, 0.2) is 23.2 Å². The molecule has 0 heterocycles. The molecule has 1 aromatic rings. The molecule has 0 saturated carbocycles. The molecule has 0 aromatic heterocycles. The summed E-state index contributed by atoms with van der Waals surface area (Å²) in [5.74, 6) is 1.68. The number of hydrogen-bond acceptors (Lipinski definition) is 3. The molecular formula is C18H31IN4O2. The Morgan fingerprint density at radius 3 is 2.52 bits per heavy atom. The predicted octanol–water partition coefficient (Wildman–Crippen LogP) is 2.25. The number of hydrogen-bond donors (Lipinski definition) is 3. The lowest BCUT2D eigenvalue weighted by molar-refractivity contribution is -0.120. The topological polar surface area (TPSA) is 74.8 Å². The van der Waals surface area contributed by atoms with E-state index in [4.69, 9.17) is 4.74 Å². The molecule has 0 atom stereocenters. The molecule has 25 heavy (non-hydrogen) atoms. The number of amides is 1. The molecule has 0 radical (unpaired) electrons. The first-order valence-electron chi connectivity index (χ1n) is 8.45. The fourth-order valence-corrected chi connectivity index (χ4v) is 2.21. The number of nitrogens with zero attached hydrogens (tertiary/aromatic N) is 1. The molecule has 0 bridgehead atoms. The van der Waals surface area contributed by atoms with Gasteiger partial charge in [-0.1, -0.05) is 19.1 Å². The molecule has 0 aliphatic rings. The van der Waals surface area contributed by atoms with E-state index in [-0.39, 0.29) is 29.9 Å². The SMILES string of the molecule is CCCNC(=O)CCNC(=NC)NCCc1ccc(C)c(OC)c1.I. The lowest BCUT2D eigenvalue weighted by Crippen LogP contribution is -2.40. The van der Waals surface area contributed by atoms with Gasteiger partial charge in [0.2, 0.25) is 5.91 Å². The van der Waals surface area contributed by atoms with Gasteiger partial charge in [0.15, 0.2) is 5.96 Å². The van der Waals surface area contributed by atoms with E-state index in [9.17, 15) is 4.79 Å². The van der Waals surface area contributed by atoms with E-state index < -0.39 is 0 Å². The fraction of sp³-hybridized carbons (Fsp3) is 0.556. The van der Waals surface area contributed by atoms with Crippen LogP contribution in [0.25, 0.3) is 0 Å². The second-order valence-electron chi connectivity index (χ2n) is 5.58. The molecule has 0 aliphatic carbocycles. The summed E-state index contributed by atoms with van der Waals surface area (Å²) in [6.45, 7) is 6.12. The molecule has 0 unspecified atom stereocenters. The fourth-order valence-electron chi connectivity index (χ4n) is 2.21. The van der Waals surface area contributed by atoms with E-state index in [0.717, 1.165) is 37.2 Å². The number of carbonyl (C=O) groups excluding carboxylic acids is 1. The minimum atomic E-state index is 0. The number of carbonyl (C=O) groups is 1. The molecule has 1 aromatic carbocycles. The number of nitrogens with one attached hydrogen (secondary N) is 3. The predicted molar refractivity (Wildman–Crippen MR) is 114 cm³/mol. The van der Waals surface area contributed by atoms with Crippen LogP contribution in [0.1, 0.15) is 30.9 Å². The zero-order valence-electron chi connectivity index (χ0n) is 15.6. The first kappa shape index (κ1) is 23.5. The zero-order valence-corrected chi connectivity index (χ0v) is 18.0. The van der Waals surface area contributed by atoms with Crippen molar-refractivity contribution < 1.29 is 9.53 Å². The van der Waals surface area contributed by atoms with Gasteiger partial charge in [-0.3, -0.25) is 9.79 Å². The van der Waals surface area contributed by atoms with Gasteiger partial charge >= 0.3 is 0 Å². The van der Waals surface area contributed by atoms with Gasteiger partial charge in [0.05, 0.1) is 7.11 Å². The van der Waals surface area contributed by atoms with Crippen LogP contribution in [0.5, 0.6) is 5.75 Å². The second kappa shape index (κ2) is 13.7. The van der Waals surface area contributed by atoms with Crippen molar-refractivity contribution in [2.45, 2.75) is 33.1 Å². The van der Waals surface area contributed by atoms with Crippen molar-refractivity contribution in [2.24, 2.45) is 4.99 Å². The minimum absolute atomic E-state index is 0. The Hall–Kier alpha value is -1.51. The standard InChI is InChI=1S/C18H30N4O2.HI/c1-5-10-20-17(23)9-12-22-18(19-3)21-11-8-15-7-6-14(2)16(13-15)24-4;/h6-7,13H,5,8-12H2,1-4H3,(H,20,23)(H2,19,21,22);1H. The summed E-state index contributed by atoms with van der Waals surface area (Å²) in [6.07, 6.45) is 2.26. The monoisotopic (exact) mass is 462 g/mol. The zero-order chi connectivity index (χ0) is 17.8. The van der Waals surface area contributed by atoms with Crippen molar-refractivity contribution in [3.05, 3.63) is 29.3 Å². The van der Waals surface area contributed by atoms with Gasteiger partial charge in [-0.2, -0.15) is 0 Å². The second-order valence-corrected chi connectivity index (χ2v) is 5.58. The highest BCUT2D eigenvalue weighted by Gasteiger charge is 2.03. The van der Waals surface area contributed by atoms with Gasteiger partial charge in [0.25, 0.3) is 0 Å². The van der Waals surface area contributed by atoms with E-state index in [1.165, 1.54) is 5.56 Å². The summed E-state index contributed by atoms with van der Waals surface area (Å²) >= 11 is 0. The number of rotatable bonds is 9. The Labute approximate surface area is 168 Å². The molecule has 0 fully saturated rings. The minimum Gasteiger partial charge on any atom is -0.496 e. The third-order valence-electron chi connectivity index (χ3n) is 3.62. The van der Waals surface area contributed by atoms with Crippen molar-refractivity contribution in [1.82, 2.24) is 16.0 Å². The van der Waals surface area contributed by atoms with Gasteiger partial charge in [-0.25, -0.2) is 0 Å². The summed E-state index contributed by atoms with van der Waals surface area (Å²) in [5, 5.41) is 9.25. The number of methoxy groups -OCH3 is 1. The Balaban J connectivity index is 0.00000576. The summed E-state index contributed by atoms with van der Waals surface area (Å²) in [7, 11) is 3.41. The van der Waals surface area contributed by atoms with Gasteiger partial charge in [0, 0.05) is 33.1 Å². The maximum absolute atomic E-state index is 11.5. The highest BCUT2D eigenvalue weighted by atomic mass is 127. The third kappa shape index (κ3) is 9.52. The first-order chi connectivity index (χ1) is 11.6. The van der Waals surface area contributed by atoms with E-state index in [0.29, 0.717) is 18.9 Å². The molecule has 7 heteroatoms. The smallest absolute Gasteiger partial charge is 0.221 e. The number of benzene rings is 1. The van der Waals surface area contributed by atoms with Gasteiger partial charge < -0.3 is 20.7 Å². The molecule has 1 amide bonds. The van der Waals surface area contributed by atoms with Crippen LogP contribution in [-0.4, -0.2) is 45.7 Å². The Kier molecular flexibility index (Phi) is 12.9. The molecule has 6 nitrogen and oxygen atoms in total. The number of aryl methyl sites for hydroxylation is 1. The molecular weight excluding hydrogens is 431 g/mol. The maximum atomic E-state index is 11.5. The lowest BCUT2D eigenvalue weighted by Gasteiger charge is -2.12. The van der Waals surface area contributed by atoms with Crippen LogP contribution in [0, 0.1) is 6.92 Å². The van der Waals surface area contributed by atoms with Crippen LogP contribution in [0.3, 0.4) is 0 Å². The summed E-state index contributed by atoms with van der Waals surface area (Å²) in [5.41, 5.74) is 2.34. The number of aliphatic imine (C=N–C) groups is 1. The van der Waals surface area contributed by atoms with Crippen LogP contribution < -0.4 is 20.7 Å². The third-order valence-corrected chi connectivity index (χ3v) is 3.62. The largest absolute Gasteiger partial charge is 0.496 e. The Morgan fingerprint density at radius 1 is 1.16 bits per heavy atom. The Morgan fingerprint density at radius 2 is 1.88 bits per heavy atom. The van der Waals surface area contributed by atoms with Crippen molar-refractivity contribution >= 4 is 35.8 Å². The van der Waals surface area contributed by atoms with E-state index >= 15 is 0 Å². The Bertz CT molecular complexity index is 550. The van der Waals surface area contributed by atoms with E-state index in [1.54, 1.807) is 14.2 Å². The number of halogens is 1. The van der Waals surface area contributed by atoms with Crippen molar-refractivity contribution in [3.8, 4) is 5.75 Å². The molecule has 0 saturated heterocycles. The summed E-state index contributed by atoms with van der Waals surface area (Å²) in [4.78, 5) is 15.7. The molecule has 0 spiro atoms. The highest BCUT2D eigenvalue weighted by molar-refractivity contribution is 14.0. The average molecular weight is 462 g/mol. The summed E-state index contributed by atoms with van der Waals surface area (Å²) < 4.78 is 5.34. The van der Waals surface area contributed by atoms with Gasteiger partial charge in [-0.15, -0.1) is 24.0 Å². The molecule has 0 aliphatic heterocycles. The van der Waals surface area contributed by atoms with Gasteiger partial charge in [-0.05, 0) is 37.0 Å². The molecule has 1 rings (SSSR count). The van der Waals surface area contributed by atoms with Crippen molar-refractivity contribution in [3.63, 3.8) is 0 Å².